The second-order valence-corrected chi connectivity index (χ2v) is 8.11. The molecule has 128 valence electrons. The van der Waals surface area contributed by atoms with Crippen LogP contribution in [-0.4, -0.2) is 24.6 Å². The SMILES string of the molecule is Cc1ccc(-c2cc(-c3ccc(S(C)(=O)=O)cc3C)cnc2N)cn1. The van der Waals surface area contributed by atoms with E-state index in [0.29, 0.717) is 10.7 Å². The van der Waals surface area contributed by atoms with Crippen molar-refractivity contribution in [3.05, 3.63) is 60.0 Å². The molecule has 0 aliphatic carbocycles. The first-order valence-corrected chi connectivity index (χ1v) is 9.64. The normalized spacial score (nSPS) is 11.5. The van der Waals surface area contributed by atoms with E-state index < -0.39 is 9.84 Å². The molecule has 2 N–H and O–H groups in total. The monoisotopic (exact) mass is 353 g/mol. The van der Waals surface area contributed by atoms with Crippen LogP contribution < -0.4 is 5.73 Å². The van der Waals surface area contributed by atoms with Crippen molar-refractivity contribution in [3.8, 4) is 22.3 Å². The van der Waals surface area contributed by atoms with Gasteiger partial charge in [-0.2, -0.15) is 0 Å². The molecule has 6 heteroatoms. The summed E-state index contributed by atoms with van der Waals surface area (Å²) in [7, 11) is -3.23. The maximum absolute atomic E-state index is 11.7. The largest absolute Gasteiger partial charge is 0.383 e. The molecule has 25 heavy (non-hydrogen) atoms. The molecular weight excluding hydrogens is 334 g/mol. The van der Waals surface area contributed by atoms with Crippen molar-refractivity contribution >= 4 is 15.7 Å². The molecule has 0 amide bonds. The van der Waals surface area contributed by atoms with Crippen LogP contribution in [0.25, 0.3) is 22.3 Å². The van der Waals surface area contributed by atoms with E-state index in [4.69, 9.17) is 5.73 Å². The first-order chi connectivity index (χ1) is 11.8. The lowest BCUT2D eigenvalue weighted by Gasteiger charge is -2.11. The summed E-state index contributed by atoms with van der Waals surface area (Å²) in [6, 6.07) is 10.9. The fourth-order valence-corrected chi connectivity index (χ4v) is 3.38. The first kappa shape index (κ1) is 17.1. The molecule has 0 aliphatic rings. The van der Waals surface area contributed by atoms with Crippen molar-refractivity contribution in [1.29, 1.82) is 0 Å². The number of nitrogen functional groups attached to an aromatic ring is 1. The number of hydrogen-bond acceptors (Lipinski definition) is 5. The van der Waals surface area contributed by atoms with Gasteiger partial charge in [-0.3, -0.25) is 4.98 Å². The van der Waals surface area contributed by atoms with E-state index in [2.05, 4.69) is 9.97 Å². The molecule has 0 spiro atoms. The summed E-state index contributed by atoms with van der Waals surface area (Å²) in [6.07, 6.45) is 4.67. The van der Waals surface area contributed by atoms with Gasteiger partial charge < -0.3 is 5.73 Å². The number of anilines is 1. The van der Waals surface area contributed by atoms with E-state index >= 15 is 0 Å². The van der Waals surface area contributed by atoms with E-state index in [1.807, 2.05) is 32.0 Å². The lowest BCUT2D eigenvalue weighted by molar-refractivity contribution is 0.602. The minimum absolute atomic E-state index is 0.306. The second-order valence-electron chi connectivity index (χ2n) is 6.09. The zero-order chi connectivity index (χ0) is 18.2. The zero-order valence-electron chi connectivity index (χ0n) is 14.3. The lowest BCUT2D eigenvalue weighted by atomic mass is 9.99. The quantitative estimate of drug-likeness (QED) is 0.780. The topological polar surface area (TPSA) is 85.9 Å². The molecule has 5 nitrogen and oxygen atoms in total. The average Bonchev–Trinajstić information content (AvgIpc) is 2.55. The van der Waals surface area contributed by atoms with Crippen LogP contribution in [0.5, 0.6) is 0 Å². The number of rotatable bonds is 3. The summed E-state index contributed by atoms with van der Waals surface area (Å²) in [5.74, 6) is 0.430. The number of sulfone groups is 1. The maximum atomic E-state index is 11.7. The molecule has 0 saturated carbocycles. The Hall–Kier alpha value is -2.73. The Morgan fingerprint density at radius 1 is 0.880 bits per heavy atom. The summed E-state index contributed by atoms with van der Waals surface area (Å²) in [6.45, 7) is 3.81. The Balaban J connectivity index is 2.10. The van der Waals surface area contributed by atoms with Crippen molar-refractivity contribution in [2.75, 3.05) is 12.0 Å². The average molecular weight is 353 g/mol. The van der Waals surface area contributed by atoms with Crippen LogP contribution in [0.2, 0.25) is 0 Å². The van der Waals surface area contributed by atoms with E-state index in [9.17, 15) is 8.42 Å². The Bertz CT molecular complexity index is 1040. The van der Waals surface area contributed by atoms with Crippen molar-refractivity contribution in [1.82, 2.24) is 9.97 Å². The minimum atomic E-state index is -3.23. The Kier molecular flexibility index (Phi) is 4.30. The molecule has 0 atom stereocenters. The number of nitrogens with two attached hydrogens (primary N) is 1. The standard InChI is InChI=1S/C19H19N3O2S/c1-12-8-16(25(3,23)24)6-7-17(12)15-9-18(19(20)22-11-15)14-5-4-13(2)21-10-14/h4-11H,1-3H3,(H2,20,22). The van der Waals surface area contributed by atoms with Gasteiger partial charge in [0.1, 0.15) is 5.82 Å². The van der Waals surface area contributed by atoms with Crippen LogP contribution in [-0.2, 0) is 9.84 Å². The van der Waals surface area contributed by atoms with Crippen LogP contribution >= 0.6 is 0 Å². The highest BCUT2D eigenvalue weighted by Gasteiger charge is 2.12. The molecule has 0 saturated heterocycles. The van der Waals surface area contributed by atoms with Crippen molar-refractivity contribution in [2.24, 2.45) is 0 Å². The minimum Gasteiger partial charge on any atom is -0.383 e. The fraction of sp³-hybridized carbons (Fsp3) is 0.158. The molecule has 1 aromatic carbocycles. The Labute approximate surface area is 147 Å². The van der Waals surface area contributed by atoms with Gasteiger partial charge in [0.05, 0.1) is 4.90 Å². The van der Waals surface area contributed by atoms with Crippen LogP contribution in [0.3, 0.4) is 0 Å². The summed E-state index contributed by atoms with van der Waals surface area (Å²) in [4.78, 5) is 8.91. The predicted octanol–water partition coefficient (Wildman–Crippen LogP) is 3.41. The zero-order valence-corrected chi connectivity index (χ0v) is 15.1. The highest BCUT2D eigenvalue weighted by Crippen LogP contribution is 2.31. The molecule has 0 fully saturated rings. The van der Waals surface area contributed by atoms with Crippen LogP contribution in [0.4, 0.5) is 5.82 Å². The molecule has 2 heterocycles. The summed E-state index contributed by atoms with van der Waals surface area (Å²) in [5, 5.41) is 0. The van der Waals surface area contributed by atoms with Crippen LogP contribution in [0.15, 0.2) is 53.7 Å². The molecule has 3 aromatic rings. The Morgan fingerprint density at radius 2 is 1.60 bits per heavy atom. The van der Waals surface area contributed by atoms with Crippen LogP contribution in [0, 0.1) is 13.8 Å². The van der Waals surface area contributed by atoms with Gasteiger partial charge in [0.15, 0.2) is 9.84 Å². The molecular formula is C19H19N3O2S. The van der Waals surface area contributed by atoms with E-state index in [0.717, 1.165) is 33.5 Å². The number of benzene rings is 1. The fourth-order valence-electron chi connectivity index (χ4n) is 2.67. The third kappa shape index (κ3) is 3.53. The van der Waals surface area contributed by atoms with Crippen molar-refractivity contribution in [2.45, 2.75) is 18.7 Å². The molecule has 0 unspecified atom stereocenters. The van der Waals surface area contributed by atoms with Gasteiger partial charge >= 0.3 is 0 Å². The third-order valence-electron chi connectivity index (χ3n) is 4.08. The summed E-state index contributed by atoms with van der Waals surface area (Å²) >= 11 is 0. The predicted molar refractivity (Wildman–Crippen MR) is 99.9 cm³/mol. The van der Waals surface area contributed by atoms with Gasteiger partial charge in [0.2, 0.25) is 0 Å². The van der Waals surface area contributed by atoms with E-state index in [1.54, 1.807) is 30.6 Å². The number of pyridine rings is 2. The first-order valence-electron chi connectivity index (χ1n) is 7.75. The highest BCUT2D eigenvalue weighted by molar-refractivity contribution is 7.90. The smallest absolute Gasteiger partial charge is 0.175 e. The van der Waals surface area contributed by atoms with Gasteiger partial charge in [-0.1, -0.05) is 12.1 Å². The van der Waals surface area contributed by atoms with Gasteiger partial charge in [0, 0.05) is 41.0 Å². The third-order valence-corrected chi connectivity index (χ3v) is 5.19. The number of aromatic nitrogens is 2. The number of aryl methyl sites for hydroxylation is 2. The van der Waals surface area contributed by atoms with Gasteiger partial charge in [0.25, 0.3) is 0 Å². The molecule has 0 radical (unpaired) electrons. The van der Waals surface area contributed by atoms with Crippen molar-refractivity contribution in [3.63, 3.8) is 0 Å². The van der Waals surface area contributed by atoms with Crippen molar-refractivity contribution < 1.29 is 8.42 Å². The maximum Gasteiger partial charge on any atom is 0.175 e. The second kappa shape index (κ2) is 6.29. The number of hydrogen-bond donors (Lipinski definition) is 1. The summed E-state index contributed by atoms with van der Waals surface area (Å²) < 4.78 is 23.4. The number of nitrogens with zero attached hydrogens (tertiary/aromatic N) is 2. The summed E-state index contributed by atoms with van der Waals surface area (Å²) in [5.41, 5.74) is 11.3. The van der Waals surface area contributed by atoms with Gasteiger partial charge in [-0.25, -0.2) is 13.4 Å². The molecule has 0 bridgehead atoms. The molecule has 3 rings (SSSR count). The van der Waals surface area contributed by atoms with E-state index in [1.165, 1.54) is 6.26 Å². The molecule has 0 aliphatic heterocycles. The van der Waals surface area contributed by atoms with E-state index in [-0.39, 0.29) is 0 Å². The van der Waals surface area contributed by atoms with Gasteiger partial charge in [-0.05, 0) is 49.2 Å². The van der Waals surface area contributed by atoms with Gasteiger partial charge in [-0.15, -0.1) is 0 Å². The lowest BCUT2D eigenvalue weighted by Crippen LogP contribution is -1.99. The Morgan fingerprint density at radius 3 is 2.20 bits per heavy atom. The molecule has 2 aromatic heterocycles. The highest BCUT2D eigenvalue weighted by atomic mass is 32.2. The van der Waals surface area contributed by atoms with Crippen LogP contribution in [0.1, 0.15) is 11.3 Å².